The molecule has 0 spiro atoms. The molecule has 66 valence electrons. The number of carbonyl (C=O) groups is 2. The van der Waals surface area contributed by atoms with Gasteiger partial charge in [0.15, 0.2) is 0 Å². The van der Waals surface area contributed by atoms with E-state index in [1.54, 1.807) is 0 Å². The van der Waals surface area contributed by atoms with Gasteiger partial charge in [0.05, 0.1) is 7.11 Å². The monoisotopic (exact) mass is 168 g/mol. The molecule has 0 aromatic carbocycles. The second-order valence-electron chi connectivity index (χ2n) is 2.86. The molecule has 1 aliphatic rings. The number of methoxy groups -OCH3 is 1. The Labute approximate surface area is 71.4 Å². The molecule has 0 unspecified atom stereocenters. The Hall–Kier alpha value is -1.12. The van der Waals surface area contributed by atoms with Gasteiger partial charge >= 0.3 is 5.97 Å². The van der Waals surface area contributed by atoms with E-state index in [1.165, 1.54) is 7.11 Å². The van der Waals surface area contributed by atoms with Crippen LogP contribution >= 0.6 is 0 Å². The molecule has 0 bridgehead atoms. The first-order valence-electron chi connectivity index (χ1n) is 3.99. The highest BCUT2D eigenvalue weighted by atomic mass is 16.5. The Balaban J connectivity index is 2.24. The zero-order chi connectivity index (χ0) is 8.97. The number of allylic oxidation sites excluding steroid dienone is 2. The predicted molar refractivity (Wildman–Crippen MR) is 43.6 cm³/mol. The number of hydrogen-bond acceptors (Lipinski definition) is 3. The molecular formula is C9H12O3. The van der Waals surface area contributed by atoms with E-state index in [-0.39, 0.29) is 11.8 Å². The lowest BCUT2D eigenvalue weighted by Crippen LogP contribution is -2.00. The highest BCUT2D eigenvalue weighted by Crippen LogP contribution is 2.19. The molecular weight excluding hydrogens is 156 g/mol. The van der Waals surface area contributed by atoms with Crippen LogP contribution in [0.4, 0.5) is 0 Å². The Bertz CT molecular complexity index is 228. The smallest absolute Gasteiger partial charge is 0.305 e. The van der Waals surface area contributed by atoms with Crippen LogP contribution < -0.4 is 0 Å². The minimum absolute atomic E-state index is 0.213. The summed E-state index contributed by atoms with van der Waals surface area (Å²) in [6.45, 7) is 0. The van der Waals surface area contributed by atoms with Crippen LogP contribution in [0.3, 0.4) is 0 Å². The molecule has 0 saturated carbocycles. The van der Waals surface area contributed by atoms with E-state index < -0.39 is 0 Å². The van der Waals surface area contributed by atoms with E-state index in [9.17, 15) is 9.59 Å². The number of carbonyl (C=O) groups excluding carboxylic acids is 2. The average molecular weight is 168 g/mol. The molecule has 0 N–H and O–H groups in total. The molecule has 0 radical (unpaired) electrons. The molecule has 0 amide bonds. The molecule has 0 aromatic rings. The Morgan fingerprint density at radius 3 is 2.92 bits per heavy atom. The zero-order valence-electron chi connectivity index (χ0n) is 7.13. The molecule has 0 aromatic heterocycles. The summed E-state index contributed by atoms with van der Waals surface area (Å²) in [5.41, 5.74) is 1.07. The second-order valence-corrected chi connectivity index (χ2v) is 2.86. The van der Waals surface area contributed by atoms with E-state index in [0.29, 0.717) is 25.7 Å². The Morgan fingerprint density at radius 2 is 2.42 bits per heavy atom. The van der Waals surface area contributed by atoms with Crippen molar-refractivity contribution in [1.82, 2.24) is 0 Å². The molecule has 3 nitrogen and oxygen atoms in total. The summed E-state index contributed by atoms with van der Waals surface area (Å²) in [5.74, 6) is 0.0325. The van der Waals surface area contributed by atoms with Crippen molar-refractivity contribution >= 4 is 11.8 Å². The van der Waals surface area contributed by atoms with Gasteiger partial charge in [0.1, 0.15) is 5.78 Å². The van der Waals surface area contributed by atoms with Crippen molar-refractivity contribution < 1.29 is 14.3 Å². The first kappa shape index (κ1) is 8.97. The molecule has 0 fully saturated rings. The van der Waals surface area contributed by atoms with Crippen LogP contribution in [-0.4, -0.2) is 18.9 Å². The fourth-order valence-electron chi connectivity index (χ4n) is 1.21. The quantitative estimate of drug-likeness (QED) is 0.470. The van der Waals surface area contributed by atoms with Gasteiger partial charge in [0.2, 0.25) is 0 Å². The number of esters is 1. The van der Waals surface area contributed by atoms with E-state index in [0.717, 1.165) is 5.57 Å². The summed E-state index contributed by atoms with van der Waals surface area (Å²) in [7, 11) is 1.37. The van der Waals surface area contributed by atoms with Crippen molar-refractivity contribution in [3.05, 3.63) is 11.6 Å². The third-order valence-corrected chi connectivity index (χ3v) is 1.92. The van der Waals surface area contributed by atoms with Crippen LogP contribution in [0, 0.1) is 0 Å². The van der Waals surface area contributed by atoms with Crippen molar-refractivity contribution in [3.63, 3.8) is 0 Å². The van der Waals surface area contributed by atoms with Crippen LogP contribution in [0.5, 0.6) is 0 Å². The SMILES string of the molecule is COC(=O)CCC1=CCC(=O)C1. The normalized spacial score (nSPS) is 16.1. The van der Waals surface area contributed by atoms with Gasteiger partial charge in [-0.2, -0.15) is 0 Å². The fourth-order valence-corrected chi connectivity index (χ4v) is 1.21. The molecule has 3 heteroatoms. The third kappa shape index (κ3) is 2.49. The maximum atomic E-state index is 10.8. The van der Waals surface area contributed by atoms with Gasteiger partial charge in [-0.15, -0.1) is 0 Å². The largest absolute Gasteiger partial charge is 0.469 e. The van der Waals surface area contributed by atoms with Crippen LogP contribution in [0.15, 0.2) is 11.6 Å². The summed E-state index contributed by atoms with van der Waals surface area (Å²) < 4.78 is 4.49. The Kier molecular flexibility index (Phi) is 3.02. The first-order chi connectivity index (χ1) is 5.72. The molecule has 0 heterocycles. The molecule has 0 saturated heterocycles. The molecule has 1 rings (SSSR count). The van der Waals surface area contributed by atoms with E-state index in [4.69, 9.17) is 0 Å². The van der Waals surface area contributed by atoms with E-state index in [1.807, 2.05) is 6.08 Å². The zero-order valence-corrected chi connectivity index (χ0v) is 7.13. The lowest BCUT2D eigenvalue weighted by Gasteiger charge is -1.98. The lowest BCUT2D eigenvalue weighted by molar-refractivity contribution is -0.140. The molecule has 0 aliphatic heterocycles. The van der Waals surface area contributed by atoms with Crippen molar-refractivity contribution in [2.24, 2.45) is 0 Å². The summed E-state index contributed by atoms with van der Waals surface area (Å²) >= 11 is 0. The number of hydrogen-bond donors (Lipinski definition) is 0. The van der Waals surface area contributed by atoms with Gasteiger partial charge in [-0.05, 0) is 6.42 Å². The summed E-state index contributed by atoms with van der Waals surface area (Å²) in [5, 5.41) is 0. The average Bonchev–Trinajstić information content (AvgIpc) is 2.47. The van der Waals surface area contributed by atoms with Gasteiger partial charge in [-0.3, -0.25) is 9.59 Å². The van der Waals surface area contributed by atoms with Crippen molar-refractivity contribution in [1.29, 1.82) is 0 Å². The van der Waals surface area contributed by atoms with Gasteiger partial charge in [-0.1, -0.05) is 11.6 Å². The van der Waals surface area contributed by atoms with Crippen molar-refractivity contribution in [3.8, 4) is 0 Å². The molecule has 0 atom stereocenters. The van der Waals surface area contributed by atoms with Crippen LogP contribution in [0.2, 0.25) is 0 Å². The second kappa shape index (κ2) is 4.04. The maximum absolute atomic E-state index is 10.8. The minimum atomic E-state index is -0.213. The van der Waals surface area contributed by atoms with Gasteiger partial charge in [0, 0.05) is 19.3 Å². The topological polar surface area (TPSA) is 43.4 Å². The third-order valence-electron chi connectivity index (χ3n) is 1.92. The summed E-state index contributed by atoms with van der Waals surface area (Å²) in [6.07, 6.45) is 4.02. The van der Waals surface area contributed by atoms with Crippen LogP contribution in [0.25, 0.3) is 0 Å². The molecule has 12 heavy (non-hydrogen) atoms. The van der Waals surface area contributed by atoms with Crippen molar-refractivity contribution in [2.75, 3.05) is 7.11 Å². The molecule has 1 aliphatic carbocycles. The highest BCUT2D eigenvalue weighted by Gasteiger charge is 2.13. The highest BCUT2D eigenvalue weighted by molar-refractivity contribution is 5.85. The van der Waals surface area contributed by atoms with Crippen molar-refractivity contribution in [2.45, 2.75) is 25.7 Å². The standard InChI is InChI=1S/C9H12O3/c1-12-9(11)5-3-7-2-4-8(10)6-7/h2H,3-6H2,1H3. The fraction of sp³-hybridized carbons (Fsp3) is 0.556. The van der Waals surface area contributed by atoms with Crippen LogP contribution in [0.1, 0.15) is 25.7 Å². The number of ketones is 1. The summed E-state index contributed by atoms with van der Waals surface area (Å²) in [6, 6.07) is 0. The van der Waals surface area contributed by atoms with Gasteiger partial charge in [0.25, 0.3) is 0 Å². The lowest BCUT2D eigenvalue weighted by atomic mass is 10.1. The Morgan fingerprint density at radius 1 is 1.67 bits per heavy atom. The van der Waals surface area contributed by atoms with Gasteiger partial charge in [-0.25, -0.2) is 0 Å². The summed E-state index contributed by atoms with van der Waals surface area (Å²) in [4.78, 5) is 21.5. The first-order valence-corrected chi connectivity index (χ1v) is 3.99. The van der Waals surface area contributed by atoms with Crippen LogP contribution in [-0.2, 0) is 14.3 Å². The minimum Gasteiger partial charge on any atom is -0.469 e. The predicted octanol–water partition coefficient (Wildman–Crippen LogP) is 1.23. The number of rotatable bonds is 3. The maximum Gasteiger partial charge on any atom is 0.305 e. The number of Topliss-reactive ketones (excluding diaryl/α,β-unsaturated/α-hetero) is 1. The van der Waals surface area contributed by atoms with Gasteiger partial charge < -0.3 is 4.74 Å². The van der Waals surface area contributed by atoms with E-state index >= 15 is 0 Å². The van der Waals surface area contributed by atoms with E-state index in [2.05, 4.69) is 4.74 Å². The number of ether oxygens (including phenoxy) is 1.